The molecule has 1 heterocycles. The van der Waals surface area contributed by atoms with Crippen molar-refractivity contribution in [2.75, 3.05) is 76.1 Å². The van der Waals surface area contributed by atoms with Crippen LogP contribution >= 0.6 is 19.5 Å². The minimum atomic E-state index is -2.57. The number of rotatable bonds is 8. The molecule has 0 saturated carbocycles. The minimum Gasteiger partial charge on any atom is -0.326 e. The van der Waals surface area contributed by atoms with Gasteiger partial charge >= 0.3 is 0 Å². The molecule has 26 heavy (non-hydrogen) atoms. The van der Waals surface area contributed by atoms with Crippen molar-refractivity contribution in [2.45, 2.75) is 13.3 Å². The topological polar surface area (TPSA) is 28.7 Å². The second-order valence-corrected chi connectivity index (χ2v) is 20.3. The molecule has 0 aromatic rings. The minimum absolute atomic E-state index is 0.552. The molecule has 1 fully saturated rings. The van der Waals surface area contributed by atoms with Gasteiger partial charge in [-0.3, -0.25) is 18.7 Å². The highest BCUT2D eigenvalue weighted by atomic mass is 32.5. The van der Waals surface area contributed by atoms with Crippen LogP contribution in [0.3, 0.4) is 0 Å². The first kappa shape index (κ1) is 25.7. The van der Waals surface area contributed by atoms with Crippen LogP contribution in [0.15, 0.2) is 0 Å². The summed E-state index contributed by atoms with van der Waals surface area (Å²) in [5.74, 6) is 0. The van der Waals surface area contributed by atoms with E-state index in [9.17, 15) is 0 Å². The predicted octanol–water partition coefficient (Wildman–Crippen LogP) is 2.95. The molecule has 0 N–H and O–H groups in total. The Morgan fingerprint density at radius 1 is 0.808 bits per heavy atom. The maximum Gasteiger partial charge on any atom is 0.215 e. The summed E-state index contributed by atoms with van der Waals surface area (Å²) in [6.45, 7) is -2.75. The van der Waals surface area contributed by atoms with E-state index in [1.165, 1.54) is 0 Å². The lowest BCUT2D eigenvalue weighted by molar-refractivity contribution is 0.296. The van der Waals surface area contributed by atoms with Crippen molar-refractivity contribution in [3.05, 3.63) is 0 Å². The molecule has 0 aromatic heterocycles. The monoisotopic (exact) mass is 480 g/mol. The number of hydrogen-bond acceptors (Lipinski definition) is 4. The van der Waals surface area contributed by atoms with E-state index >= 15 is 0 Å². The van der Waals surface area contributed by atoms with E-state index in [-0.39, 0.29) is 0 Å². The van der Waals surface area contributed by atoms with Gasteiger partial charge in [-0.05, 0) is 105 Å². The lowest BCUT2D eigenvalue weighted by atomic mass is 10.4. The van der Waals surface area contributed by atoms with Gasteiger partial charge in [-0.25, -0.2) is 0 Å². The van der Waals surface area contributed by atoms with E-state index in [0.29, 0.717) is 6.61 Å². The molecule has 1 rings (SSSR count). The van der Waals surface area contributed by atoms with E-state index < -0.39 is 19.5 Å². The lowest BCUT2D eigenvalue weighted by Crippen LogP contribution is -2.45. The van der Waals surface area contributed by atoms with E-state index in [1.54, 1.807) is 0 Å². The van der Waals surface area contributed by atoms with Crippen molar-refractivity contribution < 1.29 is 4.52 Å². The molecule has 0 amide bonds. The molecular weight excluding hydrogens is 445 g/mol. The van der Waals surface area contributed by atoms with Crippen molar-refractivity contribution in [3.8, 4) is 0 Å². The standard InChI is InChI=1S/C13H35N6OP3S3/c1-10-20-23(26)18(21(24,14(2)3)15(4)5)12-11-13-19(23)22(25,16(6)7)17(8)9/h10-13H2,1-9H3. The van der Waals surface area contributed by atoms with Gasteiger partial charge in [-0.2, -0.15) is 8.88 Å². The van der Waals surface area contributed by atoms with Crippen LogP contribution in [0.25, 0.3) is 0 Å². The Hall–Kier alpha value is 1.67. The van der Waals surface area contributed by atoms with Gasteiger partial charge in [0.15, 0.2) is 13.0 Å². The lowest BCUT2D eigenvalue weighted by Gasteiger charge is -2.56. The first-order chi connectivity index (χ1) is 11.8. The van der Waals surface area contributed by atoms with Crippen LogP contribution in [0.5, 0.6) is 0 Å². The van der Waals surface area contributed by atoms with Crippen molar-refractivity contribution in [1.29, 1.82) is 0 Å². The fourth-order valence-electron chi connectivity index (χ4n) is 3.12. The maximum atomic E-state index is 6.38. The Kier molecular flexibility index (Phi) is 9.54. The molecule has 0 radical (unpaired) electrons. The Bertz CT molecular complexity index is 560. The van der Waals surface area contributed by atoms with Gasteiger partial charge in [0.05, 0.1) is 6.61 Å². The fourth-order valence-corrected chi connectivity index (χ4v) is 19.7. The summed E-state index contributed by atoms with van der Waals surface area (Å²) in [6, 6.07) is 0. The molecule has 1 aliphatic rings. The van der Waals surface area contributed by atoms with Crippen LogP contribution in [0.2, 0.25) is 0 Å². The van der Waals surface area contributed by atoms with Crippen molar-refractivity contribution in [2.24, 2.45) is 0 Å². The highest BCUT2D eigenvalue weighted by molar-refractivity contribution is 8.22. The number of nitrogens with zero attached hydrogens (tertiary/aromatic N) is 6. The zero-order valence-corrected chi connectivity index (χ0v) is 22.6. The molecular formula is C13H35N6OP3S3. The summed E-state index contributed by atoms with van der Waals surface area (Å²) in [7, 11) is 16.3. The fraction of sp³-hybridized carbons (Fsp3) is 1.00. The third kappa shape index (κ3) is 4.39. The van der Waals surface area contributed by atoms with Gasteiger partial charge in [-0.15, -0.1) is 0 Å². The second-order valence-electron chi connectivity index (χ2n) is 6.87. The van der Waals surface area contributed by atoms with Crippen molar-refractivity contribution >= 4 is 55.0 Å². The molecule has 13 heteroatoms. The zero-order chi connectivity index (χ0) is 20.5. The molecule has 0 aliphatic carbocycles. The molecule has 0 unspecified atom stereocenters. The third-order valence-electron chi connectivity index (χ3n) is 4.28. The van der Waals surface area contributed by atoms with Crippen LogP contribution in [0.4, 0.5) is 0 Å². The Morgan fingerprint density at radius 3 is 1.35 bits per heavy atom. The van der Waals surface area contributed by atoms with Gasteiger partial charge in [-0.1, -0.05) is 0 Å². The zero-order valence-electron chi connectivity index (χ0n) is 17.5. The van der Waals surface area contributed by atoms with Crippen LogP contribution in [0.1, 0.15) is 13.3 Å². The predicted molar refractivity (Wildman–Crippen MR) is 127 cm³/mol. The maximum absolute atomic E-state index is 6.38. The van der Waals surface area contributed by atoms with Crippen molar-refractivity contribution in [1.82, 2.24) is 27.6 Å². The van der Waals surface area contributed by atoms with Gasteiger partial charge < -0.3 is 4.52 Å². The SMILES string of the molecule is CCOP1(=S)N(P(=S)(N(C)C)N(C)C)CCCN1P(=S)(N(C)C)N(C)C. The van der Waals surface area contributed by atoms with E-state index in [2.05, 4.69) is 27.6 Å². The quantitative estimate of drug-likeness (QED) is 0.483. The molecule has 1 saturated heterocycles. The van der Waals surface area contributed by atoms with Crippen LogP contribution in [-0.4, -0.2) is 104 Å². The normalized spacial score (nSPS) is 20.7. The van der Waals surface area contributed by atoms with Crippen molar-refractivity contribution in [3.63, 3.8) is 0 Å². The van der Waals surface area contributed by atoms with Crippen LogP contribution in [-0.2, 0) is 39.9 Å². The summed E-state index contributed by atoms with van der Waals surface area (Å²) in [4.78, 5) is 0. The van der Waals surface area contributed by atoms with E-state index in [1.807, 2.05) is 63.3 Å². The largest absolute Gasteiger partial charge is 0.326 e. The van der Waals surface area contributed by atoms with Gasteiger partial charge in [0.25, 0.3) is 0 Å². The summed E-state index contributed by atoms with van der Waals surface area (Å²) in [6.07, 6.45) is 0.978. The summed E-state index contributed by atoms with van der Waals surface area (Å²) in [5, 5.41) is 0. The Labute approximate surface area is 176 Å². The third-order valence-corrected chi connectivity index (χ3v) is 23.2. The number of hydrogen-bond donors (Lipinski definition) is 0. The average molecular weight is 481 g/mol. The summed E-state index contributed by atoms with van der Waals surface area (Å²) >= 11 is 18.8. The molecule has 7 nitrogen and oxygen atoms in total. The smallest absolute Gasteiger partial charge is 0.215 e. The molecule has 156 valence electrons. The molecule has 0 aromatic carbocycles. The molecule has 0 spiro atoms. The molecule has 0 bridgehead atoms. The van der Waals surface area contributed by atoms with E-state index in [4.69, 9.17) is 39.9 Å². The van der Waals surface area contributed by atoms with Gasteiger partial charge in [0.2, 0.25) is 6.57 Å². The highest BCUT2D eigenvalue weighted by Gasteiger charge is 2.51. The summed E-state index contributed by atoms with van der Waals surface area (Å²) < 4.78 is 19.6. The first-order valence-electron chi connectivity index (χ1n) is 8.54. The van der Waals surface area contributed by atoms with Crippen LogP contribution < -0.4 is 0 Å². The van der Waals surface area contributed by atoms with E-state index in [0.717, 1.165) is 19.5 Å². The van der Waals surface area contributed by atoms with Gasteiger partial charge in [0.1, 0.15) is 0 Å². The first-order valence-corrected chi connectivity index (χ1v) is 16.5. The van der Waals surface area contributed by atoms with Crippen LogP contribution in [0, 0.1) is 0 Å². The average Bonchev–Trinajstić information content (AvgIpc) is 2.52. The molecule has 1 aliphatic heterocycles. The highest BCUT2D eigenvalue weighted by Crippen LogP contribution is 2.78. The Balaban J connectivity index is 3.65. The Morgan fingerprint density at radius 2 is 1.12 bits per heavy atom. The summed E-state index contributed by atoms with van der Waals surface area (Å²) in [5.41, 5.74) is 0. The second kappa shape index (κ2) is 9.65. The molecule has 0 atom stereocenters. The van der Waals surface area contributed by atoms with Gasteiger partial charge in [0, 0.05) is 13.1 Å².